The smallest absolute Gasteiger partial charge is 0.227 e. The average Bonchev–Trinajstić information content (AvgIpc) is 3.09. The molecule has 1 saturated heterocycles. The third-order valence-corrected chi connectivity index (χ3v) is 4.51. The largest absolute Gasteiger partial charge is 0.338 e. The van der Waals surface area contributed by atoms with Gasteiger partial charge in [0.05, 0.1) is 24.7 Å². The number of aromatic nitrogens is 3. The van der Waals surface area contributed by atoms with Crippen molar-refractivity contribution in [3.8, 4) is 0 Å². The maximum Gasteiger partial charge on any atom is 0.227 e. The van der Waals surface area contributed by atoms with E-state index in [1.54, 1.807) is 6.20 Å². The summed E-state index contributed by atoms with van der Waals surface area (Å²) in [6.07, 6.45) is 4.36. The van der Waals surface area contributed by atoms with Crippen LogP contribution in [0.2, 0.25) is 0 Å². The first-order valence-electron chi connectivity index (χ1n) is 8.25. The average molecular weight is 312 g/mol. The van der Waals surface area contributed by atoms with E-state index in [1.165, 1.54) is 0 Å². The monoisotopic (exact) mass is 312 g/mol. The van der Waals surface area contributed by atoms with Gasteiger partial charge >= 0.3 is 0 Å². The molecule has 0 aliphatic carbocycles. The van der Waals surface area contributed by atoms with Crippen molar-refractivity contribution in [1.82, 2.24) is 19.7 Å². The number of aryl methyl sites for hydroxylation is 3. The molecule has 2 aromatic rings. The summed E-state index contributed by atoms with van der Waals surface area (Å²) >= 11 is 0. The summed E-state index contributed by atoms with van der Waals surface area (Å²) in [5.74, 6) is 0.194. The Morgan fingerprint density at radius 3 is 2.74 bits per heavy atom. The van der Waals surface area contributed by atoms with Gasteiger partial charge in [-0.05, 0) is 51.3 Å². The highest BCUT2D eigenvalue weighted by atomic mass is 16.2. The Bertz CT molecular complexity index is 690. The number of hydrogen-bond donors (Lipinski definition) is 0. The molecule has 1 fully saturated rings. The van der Waals surface area contributed by atoms with E-state index >= 15 is 0 Å². The molecule has 0 bridgehead atoms. The fraction of sp³-hybridized carbons (Fsp3) is 0.500. The highest BCUT2D eigenvalue weighted by Gasteiger charge is 2.29. The van der Waals surface area contributed by atoms with E-state index in [9.17, 15) is 4.79 Å². The van der Waals surface area contributed by atoms with Crippen LogP contribution in [0.5, 0.6) is 0 Å². The normalized spacial score (nSPS) is 17.7. The number of likely N-dealkylation sites (tertiary alicyclic amines) is 1. The first-order chi connectivity index (χ1) is 11.0. The molecule has 0 saturated carbocycles. The SMILES string of the molecule is Cc1ccc(CC(=O)N2CCC[C@@H]2Cn2nc(C)cc2C)cn1. The second kappa shape index (κ2) is 6.52. The van der Waals surface area contributed by atoms with Gasteiger partial charge in [-0.15, -0.1) is 0 Å². The summed E-state index contributed by atoms with van der Waals surface area (Å²) in [5.41, 5.74) is 4.15. The Morgan fingerprint density at radius 1 is 1.26 bits per heavy atom. The van der Waals surface area contributed by atoms with E-state index in [1.807, 2.05) is 35.6 Å². The van der Waals surface area contributed by atoms with Crippen LogP contribution in [-0.2, 0) is 17.8 Å². The molecule has 1 aliphatic rings. The lowest BCUT2D eigenvalue weighted by Gasteiger charge is -2.25. The zero-order valence-corrected chi connectivity index (χ0v) is 14.1. The molecular formula is C18H24N4O. The van der Waals surface area contributed by atoms with Crippen LogP contribution in [0.3, 0.4) is 0 Å². The van der Waals surface area contributed by atoms with Gasteiger partial charge in [0, 0.05) is 24.1 Å². The predicted molar refractivity (Wildman–Crippen MR) is 89.1 cm³/mol. The van der Waals surface area contributed by atoms with Gasteiger partial charge in [0.15, 0.2) is 0 Å². The summed E-state index contributed by atoms with van der Waals surface area (Å²) < 4.78 is 2.03. The summed E-state index contributed by atoms with van der Waals surface area (Å²) in [7, 11) is 0. The molecule has 1 amide bonds. The summed E-state index contributed by atoms with van der Waals surface area (Å²) in [6.45, 7) is 7.67. The molecule has 1 atom stereocenters. The second-order valence-electron chi connectivity index (χ2n) is 6.48. The molecule has 0 aromatic carbocycles. The van der Waals surface area contributed by atoms with E-state index in [4.69, 9.17) is 0 Å². The zero-order valence-electron chi connectivity index (χ0n) is 14.1. The quantitative estimate of drug-likeness (QED) is 0.871. The van der Waals surface area contributed by atoms with Gasteiger partial charge in [-0.2, -0.15) is 5.10 Å². The van der Waals surface area contributed by atoms with Crippen molar-refractivity contribution < 1.29 is 4.79 Å². The summed E-state index contributed by atoms with van der Waals surface area (Å²) in [4.78, 5) is 19.0. The Labute approximate surface area is 137 Å². The lowest BCUT2D eigenvalue weighted by molar-refractivity contribution is -0.131. The minimum atomic E-state index is 0.194. The summed E-state index contributed by atoms with van der Waals surface area (Å²) in [5, 5.41) is 4.53. The van der Waals surface area contributed by atoms with Crippen LogP contribution >= 0.6 is 0 Å². The lowest BCUT2D eigenvalue weighted by atomic mass is 10.1. The number of pyridine rings is 1. The molecule has 122 valence electrons. The second-order valence-corrected chi connectivity index (χ2v) is 6.48. The standard InChI is InChI=1S/C18H24N4O/c1-13-6-7-16(11-19-13)10-18(23)21-8-4-5-17(21)12-22-15(3)9-14(2)20-22/h6-7,9,11,17H,4-5,8,10,12H2,1-3H3/t17-/m1/s1. The molecule has 1 aliphatic heterocycles. The van der Waals surface area contributed by atoms with Crippen LogP contribution in [-0.4, -0.2) is 38.2 Å². The Balaban J connectivity index is 1.67. The van der Waals surface area contributed by atoms with Gasteiger partial charge in [0.25, 0.3) is 0 Å². The van der Waals surface area contributed by atoms with Crippen LogP contribution in [0.1, 0.15) is 35.5 Å². The first-order valence-corrected chi connectivity index (χ1v) is 8.25. The number of hydrogen-bond acceptors (Lipinski definition) is 3. The fourth-order valence-corrected chi connectivity index (χ4v) is 3.29. The minimum Gasteiger partial charge on any atom is -0.338 e. The highest BCUT2D eigenvalue weighted by Crippen LogP contribution is 2.21. The highest BCUT2D eigenvalue weighted by molar-refractivity contribution is 5.79. The molecule has 3 heterocycles. The van der Waals surface area contributed by atoms with Crippen molar-refractivity contribution in [1.29, 1.82) is 0 Å². The van der Waals surface area contributed by atoms with Gasteiger partial charge in [0.2, 0.25) is 5.91 Å². The van der Waals surface area contributed by atoms with Crippen LogP contribution in [0, 0.1) is 20.8 Å². The van der Waals surface area contributed by atoms with E-state index in [0.717, 1.165) is 48.6 Å². The fourth-order valence-electron chi connectivity index (χ4n) is 3.29. The number of carbonyl (C=O) groups is 1. The van der Waals surface area contributed by atoms with E-state index in [-0.39, 0.29) is 11.9 Å². The Hall–Kier alpha value is -2.17. The molecule has 0 unspecified atom stereocenters. The molecule has 2 aromatic heterocycles. The number of rotatable bonds is 4. The molecular weight excluding hydrogens is 288 g/mol. The maximum atomic E-state index is 12.7. The van der Waals surface area contributed by atoms with Crippen molar-refractivity contribution in [3.63, 3.8) is 0 Å². The third kappa shape index (κ3) is 3.60. The first kappa shape index (κ1) is 15.7. The number of nitrogens with zero attached hydrogens (tertiary/aromatic N) is 4. The van der Waals surface area contributed by atoms with Crippen LogP contribution < -0.4 is 0 Å². The van der Waals surface area contributed by atoms with Crippen molar-refractivity contribution in [2.75, 3.05) is 6.54 Å². The third-order valence-electron chi connectivity index (χ3n) is 4.51. The molecule has 5 nitrogen and oxygen atoms in total. The number of amides is 1. The molecule has 23 heavy (non-hydrogen) atoms. The van der Waals surface area contributed by atoms with Crippen molar-refractivity contribution >= 4 is 5.91 Å². The summed E-state index contributed by atoms with van der Waals surface area (Å²) in [6, 6.07) is 6.28. The number of carbonyl (C=O) groups excluding carboxylic acids is 1. The molecule has 0 N–H and O–H groups in total. The van der Waals surface area contributed by atoms with E-state index in [0.29, 0.717) is 6.42 Å². The molecule has 0 radical (unpaired) electrons. The van der Waals surface area contributed by atoms with Crippen molar-refractivity contribution in [2.24, 2.45) is 0 Å². The van der Waals surface area contributed by atoms with Gasteiger partial charge in [0.1, 0.15) is 0 Å². The van der Waals surface area contributed by atoms with Crippen molar-refractivity contribution in [3.05, 3.63) is 47.0 Å². The van der Waals surface area contributed by atoms with Gasteiger partial charge < -0.3 is 4.90 Å². The minimum absolute atomic E-state index is 0.194. The molecule has 0 spiro atoms. The lowest BCUT2D eigenvalue weighted by Crippen LogP contribution is -2.39. The zero-order chi connectivity index (χ0) is 16.4. The van der Waals surface area contributed by atoms with Crippen LogP contribution in [0.4, 0.5) is 0 Å². The van der Waals surface area contributed by atoms with Gasteiger partial charge in [-0.25, -0.2) is 0 Å². The molecule has 5 heteroatoms. The van der Waals surface area contributed by atoms with Crippen molar-refractivity contribution in [2.45, 2.75) is 52.6 Å². The Morgan fingerprint density at radius 2 is 2.09 bits per heavy atom. The Kier molecular flexibility index (Phi) is 4.46. The topological polar surface area (TPSA) is 51.0 Å². The van der Waals surface area contributed by atoms with Gasteiger partial charge in [-0.1, -0.05) is 6.07 Å². The van der Waals surface area contributed by atoms with Gasteiger partial charge in [-0.3, -0.25) is 14.5 Å². The van der Waals surface area contributed by atoms with E-state index < -0.39 is 0 Å². The molecule has 3 rings (SSSR count). The predicted octanol–water partition coefficient (Wildman–Crippen LogP) is 2.44. The van der Waals surface area contributed by atoms with Crippen LogP contribution in [0.25, 0.3) is 0 Å². The van der Waals surface area contributed by atoms with E-state index in [2.05, 4.69) is 23.1 Å². The maximum absolute atomic E-state index is 12.7. The van der Waals surface area contributed by atoms with Crippen LogP contribution in [0.15, 0.2) is 24.4 Å².